The summed E-state index contributed by atoms with van der Waals surface area (Å²) in [5, 5.41) is 15.6. The number of aliphatic hydroxyl groups excluding tert-OH is 1. The van der Waals surface area contributed by atoms with E-state index in [1.54, 1.807) is 6.07 Å². The van der Waals surface area contributed by atoms with Crippen LogP contribution in [0.3, 0.4) is 0 Å². The molecule has 0 aliphatic rings. The molecule has 4 N–H and O–H groups in total. The minimum Gasteiger partial charge on any atom is -0.398 e. The van der Waals surface area contributed by atoms with Crippen molar-refractivity contribution in [1.82, 2.24) is 10.2 Å². The molecule has 1 aromatic heterocycles. The molecule has 4 heteroatoms. The molecule has 0 radical (unpaired) electrons. The van der Waals surface area contributed by atoms with Gasteiger partial charge in [-0.2, -0.15) is 5.10 Å². The normalized spacial score (nSPS) is 10.4. The van der Waals surface area contributed by atoms with E-state index in [-0.39, 0.29) is 6.61 Å². The van der Waals surface area contributed by atoms with E-state index in [1.165, 1.54) is 0 Å². The van der Waals surface area contributed by atoms with Gasteiger partial charge in [-0.05, 0) is 12.1 Å². The third kappa shape index (κ3) is 1.47. The Bertz CT molecular complexity index is 436. The van der Waals surface area contributed by atoms with Crippen molar-refractivity contribution in [3.63, 3.8) is 0 Å². The number of rotatable bonds is 2. The average Bonchev–Trinajstić information content (AvgIpc) is 2.67. The van der Waals surface area contributed by atoms with Crippen LogP contribution in [0.4, 0.5) is 5.69 Å². The molecule has 0 saturated carbocycles. The van der Waals surface area contributed by atoms with Crippen LogP contribution in [-0.4, -0.2) is 15.3 Å². The van der Waals surface area contributed by atoms with Crippen molar-refractivity contribution in [2.24, 2.45) is 0 Å². The van der Waals surface area contributed by atoms with Crippen LogP contribution in [0.5, 0.6) is 0 Å². The van der Waals surface area contributed by atoms with Gasteiger partial charge in [0.15, 0.2) is 0 Å². The summed E-state index contributed by atoms with van der Waals surface area (Å²) in [5.74, 6) is 0. The summed E-state index contributed by atoms with van der Waals surface area (Å²) >= 11 is 0. The van der Waals surface area contributed by atoms with E-state index in [2.05, 4.69) is 10.2 Å². The van der Waals surface area contributed by atoms with E-state index in [0.717, 1.165) is 11.3 Å². The first kappa shape index (κ1) is 8.77. The van der Waals surface area contributed by atoms with Crippen LogP contribution in [0, 0.1) is 0 Å². The molecule has 0 spiro atoms. The minimum atomic E-state index is -0.0419. The number of aromatic amines is 1. The molecule has 0 atom stereocenters. The van der Waals surface area contributed by atoms with Gasteiger partial charge in [-0.1, -0.05) is 18.2 Å². The third-order valence-electron chi connectivity index (χ3n) is 2.04. The summed E-state index contributed by atoms with van der Waals surface area (Å²) < 4.78 is 0. The highest BCUT2D eigenvalue weighted by molar-refractivity contribution is 5.73. The number of H-pyrrole nitrogens is 1. The van der Waals surface area contributed by atoms with E-state index < -0.39 is 0 Å². The van der Waals surface area contributed by atoms with Gasteiger partial charge in [0.25, 0.3) is 0 Å². The molecule has 4 nitrogen and oxygen atoms in total. The molecule has 0 aliphatic heterocycles. The predicted molar refractivity (Wildman–Crippen MR) is 54.4 cm³/mol. The number of nitrogen functional groups attached to an aromatic ring is 1. The lowest BCUT2D eigenvalue weighted by molar-refractivity contribution is 0.276. The number of nitrogens with one attached hydrogen (secondary N) is 1. The minimum absolute atomic E-state index is 0.0419. The second kappa shape index (κ2) is 3.51. The van der Waals surface area contributed by atoms with Crippen LogP contribution in [0.2, 0.25) is 0 Å². The molecule has 14 heavy (non-hydrogen) atoms. The van der Waals surface area contributed by atoms with Crippen molar-refractivity contribution >= 4 is 5.69 Å². The van der Waals surface area contributed by atoms with Gasteiger partial charge >= 0.3 is 0 Å². The van der Waals surface area contributed by atoms with Gasteiger partial charge in [0, 0.05) is 11.3 Å². The first-order valence-electron chi connectivity index (χ1n) is 4.31. The zero-order chi connectivity index (χ0) is 9.97. The number of hydrogen-bond donors (Lipinski definition) is 3. The Kier molecular flexibility index (Phi) is 2.20. The summed E-state index contributed by atoms with van der Waals surface area (Å²) in [6.45, 7) is -0.0419. The second-order valence-corrected chi connectivity index (χ2v) is 3.02. The van der Waals surface area contributed by atoms with E-state index in [1.807, 2.05) is 24.3 Å². The predicted octanol–water partition coefficient (Wildman–Crippen LogP) is 1.15. The first-order chi connectivity index (χ1) is 6.81. The van der Waals surface area contributed by atoms with E-state index in [4.69, 9.17) is 10.8 Å². The quantitative estimate of drug-likeness (QED) is 0.620. The highest BCUT2D eigenvalue weighted by Crippen LogP contribution is 2.23. The van der Waals surface area contributed by atoms with Gasteiger partial charge in [0.05, 0.1) is 18.0 Å². The van der Waals surface area contributed by atoms with Crippen LogP contribution < -0.4 is 5.73 Å². The van der Waals surface area contributed by atoms with Crippen LogP contribution in [0.25, 0.3) is 11.3 Å². The Morgan fingerprint density at radius 3 is 2.79 bits per heavy atom. The topological polar surface area (TPSA) is 74.9 Å². The molecule has 1 heterocycles. The van der Waals surface area contributed by atoms with Crippen LogP contribution >= 0.6 is 0 Å². The summed E-state index contributed by atoms with van der Waals surface area (Å²) in [6.07, 6.45) is 0. The zero-order valence-electron chi connectivity index (χ0n) is 7.57. The van der Waals surface area contributed by atoms with Gasteiger partial charge in [-0.25, -0.2) is 0 Å². The number of nitrogens with two attached hydrogens (primary N) is 1. The van der Waals surface area contributed by atoms with Crippen molar-refractivity contribution < 1.29 is 5.11 Å². The van der Waals surface area contributed by atoms with Crippen LogP contribution in [0.1, 0.15) is 5.69 Å². The van der Waals surface area contributed by atoms with E-state index in [9.17, 15) is 0 Å². The lowest BCUT2D eigenvalue weighted by Gasteiger charge is -1.99. The summed E-state index contributed by atoms with van der Waals surface area (Å²) in [5.41, 5.74) is 8.79. The number of para-hydroxylation sites is 1. The highest BCUT2D eigenvalue weighted by atomic mass is 16.3. The molecule has 0 unspecified atom stereocenters. The molecule has 0 fully saturated rings. The average molecular weight is 189 g/mol. The first-order valence-corrected chi connectivity index (χ1v) is 4.31. The van der Waals surface area contributed by atoms with E-state index >= 15 is 0 Å². The van der Waals surface area contributed by atoms with Crippen molar-refractivity contribution in [3.05, 3.63) is 36.0 Å². The Hall–Kier alpha value is -1.81. The highest BCUT2D eigenvalue weighted by Gasteiger charge is 2.05. The summed E-state index contributed by atoms with van der Waals surface area (Å²) in [7, 11) is 0. The Morgan fingerprint density at radius 2 is 2.14 bits per heavy atom. The monoisotopic (exact) mass is 189 g/mol. The molecule has 0 aliphatic carbocycles. The number of nitrogens with zero attached hydrogens (tertiary/aromatic N) is 1. The van der Waals surface area contributed by atoms with Crippen LogP contribution in [0.15, 0.2) is 30.3 Å². The van der Waals surface area contributed by atoms with Crippen molar-refractivity contribution in [1.29, 1.82) is 0 Å². The molecule has 1 aromatic carbocycles. The largest absolute Gasteiger partial charge is 0.398 e. The van der Waals surface area contributed by atoms with Crippen molar-refractivity contribution in [3.8, 4) is 11.3 Å². The summed E-state index contributed by atoms with van der Waals surface area (Å²) in [6, 6.07) is 9.28. The van der Waals surface area contributed by atoms with Gasteiger partial charge in [0.1, 0.15) is 0 Å². The number of aromatic nitrogens is 2. The third-order valence-corrected chi connectivity index (χ3v) is 2.04. The molecule has 2 rings (SSSR count). The van der Waals surface area contributed by atoms with Crippen molar-refractivity contribution in [2.75, 3.05) is 5.73 Å². The lowest BCUT2D eigenvalue weighted by Crippen LogP contribution is -1.88. The maximum atomic E-state index is 8.86. The number of hydrogen-bond acceptors (Lipinski definition) is 3. The molecule has 0 amide bonds. The molecule has 0 bridgehead atoms. The second-order valence-electron chi connectivity index (χ2n) is 3.02. The van der Waals surface area contributed by atoms with Crippen LogP contribution in [-0.2, 0) is 6.61 Å². The molecule has 72 valence electrons. The Labute approximate surface area is 81.4 Å². The van der Waals surface area contributed by atoms with Gasteiger partial charge in [-0.3, -0.25) is 5.10 Å². The van der Waals surface area contributed by atoms with Gasteiger partial charge in [-0.15, -0.1) is 0 Å². The number of anilines is 1. The lowest BCUT2D eigenvalue weighted by atomic mass is 10.1. The van der Waals surface area contributed by atoms with E-state index in [0.29, 0.717) is 11.4 Å². The smallest absolute Gasteiger partial charge is 0.0945 e. The maximum absolute atomic E-state index is 8.86. The standard InChI is InChI=1S/C10H11N3O/c11-9-4-2-1-3-8(9)10-5-7(6-14)12-13-10/h1-5,14H,6,11H2,(H,12,13). The van der Waals surface area contributed by atoms with Gasteiger partial charge < -0.3 is 10.8 Å². The summed E-state index contributed by atoms with van der Waals surface area (Å²) in [4.78, 5) is 0. The molecule has 2 aromatic rings. The Morgan fingerprint density at radius 1 is 1.36 bits per heavy atom. The maximum Gasteiger partial charge on any atom is 0.0945 e. The SMILES string of the molecule is Nc1ccccc1-c1cc(CO)[nH]n1. The zero-order valence-corrected chi connectivity index (χ0v) is 7.57. The molecular weight excluding hydrogens is 178 g/mol. The number of aliphatic hydroxyl groups is 1. The molecule has 0 saturated heterocycles. The molecular formula is C10H11N3O. The fourth-order valence-electron chi connectivity index (χ4n) is 1.31. The fourth-order valence-corrected chi connectivity index (χ4v) is 1.31. The Balaban J connectivity index is 2.44. The van der Waals surface area contributed by atoms with Crippen molar-refractivity contribution in [2.45, 2.75) is 6.61 Å². The fraction of sp³-hybridized carbons (Fsp3) is 0.100. The van der Waals surface area contributed by atoms with Gasteiger partial charge in [0.2, 0.25) is 0 Å². The number of benzene rings is 1.